The highest BCUT2D eigenvalue weighted by atomic mass is 16.6. The molecule has 78 valence electrons. The Morgan fingerprint density at radius 1 is 1.54 bits per heavy atom. The summed E-state index contributed by atoms with van der Waals surface area (Å²) in [4.78, 5) is 0. The van der Waals surface area contributed by atoms with Crippen molar-refractivity contribution in [3.8, 4) is 0 Å². The standard InChI is InChI=1S/C8H16O5/c1-4-6(11)8(12-2)7(13-4)5(10)3-9/h4-11H,3H2,1-2H3/t4?,5?,6?,7-,8-/m1/s1. The largest absolute Gasteiger partial charge is 0.394 e. The molecule has 0 radical (unpaired) electrons. The van der Waals surface area contributed by atoms with Crippen LogP contribution >= 0.6 is 0 Å². The van der Waals surface area contributed by atoms with Crippen LogP contribution in [0.15, 0.2) is 0 Å². The molecule has 0 aromatic heterocycles. The molecule has 1 rings (SSSR count). The van der Waals surface area contributed by atoms with Gasteiger partial charge in [0.25, 0.3) is 0 Å². The van der Waals surface area contributed by atoms with Gasteiger partial charge in [0.05, 0.1) is 12.7 Å². The first-order chi connectivity index (χ1) is 6.11. The minimum atomic E-state index is -1.01. The van der Waals surface area contributed by atoms with Gasteiger partial charge >= 0.3 is 0 Å². The van der Waals surface area contributed by atoms with E-state index < -0.39 is 31.0 Å². The summed E-state index contributed by atoms with van der Waals surface area (Å²) in [7, 11) is 1.44. The number of methoxy groups -OCH3 is 1. The van der Waals surface area contributed by atoms with Crippen molar-refractivity contribution in [2.45, 2.75) is 37.4 Å². The molecule has 1 heterocycles. The van der Waals surface area contributed by atoms with Crippen LogP contribution in [0.1, 0.15) is 6.92 Å². The number of aliphatic hydroxyl groups is 3. The van der Waals surface area contributed by atoms with Gasteiger partial charge in [-0.3, -0.25) is 0 Å². The molecule has 0 aromatic carbocycles. The summed E-state index contributed by atoms with van der Waals surface area (Å²) in [5.74, 6) is 0. The van der Waals surface area contributed by atoms with E-state index in [2.05, 4.69) is 0 Å². The molecule has 5 atom stereocenters. The van der Waals surface area contributed by atoms with Crippen molar-refractivity contribution in [1.82, 2.24) is 0 Å². The molecule has 3 unspecified atom stereocenters. The highest BCUT2D eigenvalue weighted by molar-refractivity contribution is 4.92. The van der Waals surface area contributed by atoms with Crippen molar-refractivity contribution in [2.75, 3.05) is 13.7 Å². The first-order valence-corrected chi connectivity index (χ1v) is 4.27. The van der Waals surface area contributed by atoms with Crippen LogP contribution in [-0.2, 0) is 9.47 Å². The second-order valence-corrected chi connectivity index (χ2v) is 3.25. The van der Waals surface area contributed by atoms with Gasteiger partial charge in [0.1, 0.15) is 24.4 Å². The Balaban J connectivity index is 2.64. The minimum Gasteiger partial charge on any atom is -0.394 e. The van der Waals surface area contributed by atoms with Crippen LogP contribution in [0.3, 0.4) is 0 Å². The zero-order valence-corrected chi connectivity index (χ0v) is 7.75. The lowest BCUT2D eigenvalue weighted by Crippen LogP contribution is -2.41. The van der Waals surface area contributed by atoms with E-state index in [0.29, 0.717) is 0 Å². The van der Waals surface area contributed by atoms with E-state index in [1.165, 1.54) is 7.11 Å². The molecule has 1 aliphatic heterocycles. The molecule has 5 heteroatoms. The molecule has 0 aliphatic carbocycles. The van der Waals surface area contributed by atoms with Crippen LogP contribution < -0.4 is 0 Å². The van der Waals surface area contributed by atoms with E-state index in [1.807, 2.05) is 0 Å². The van der Waals surface area contributed by atoms with Crippen molar-refractivity contribution < 1.29 is 24.8 Å². The molecule has 0 bridgehead atoms. The second kappa shape index (κ2) is 4.34. The summed E-state index contributed by atoms with van der Waals surface area (Å²) in [6, 6.07) is 0. The van der Waals surface area contributed by atoms with Gasteiger partial charge in [-0.15, -0.1) is 0 Å². The molecule has 0 amide bonds. The summed E-state index contributed by atoms with van der Waals surface area (Å²) in [6.07, 6.45) is -3.37. The summed E-state index contributed by atoms with van der Waals surface area (Å²) in [6.45, 7) is 1.30. The summed E-state index contributed by atoms with van der Waals surface area (Å²) in [5, 5.41) is 27.6. The van der Waals surface area contributed by atoms with Gasteiger partial charge in [-0.05, 0) is 6.92 Å². The van der Waals surface area contributed by atoms with Gasteiger partial charge in [0.2, 0.25) is 0 Å². The number of aliphatic hydroxyl groups excluding tert-OH is 3. The third-order valence-corrected chi connectivity index (χ3v) is 2.35. The zero-order chi connectivity index (χ0) is 10.0. The zero-order valence-electron chi connectivity index (χ0n) is 7.75. The van der Waals surface area contributed by atoms with Crippen molar-refractivity contribution in [1.29, 1.82) is 0 Å². The average Bonchev–Trinajstić information content (AvgIpc) is 2.42. The number of hydrogen-bond donors (Lipinski definition) is 3. The molecular weight excluding hydrogens is 176 g/mol. The Bertz CT molecular complexity index is 163. The van der Waals surface area contributed by atoms with Crippen molar-refractivity contribution >= 4 is 0 Å². The van der Waals surface area contributed by atoms with Crippen molar-refractivity contribution in [3.63, 3.8) is 0 Å². The van der Waals surface area contributed by atoms with Crippen molar-refractivity contribution in [2.24, 2.45) is 0 Å². The Morgan fingerprint density at radius 2 is 2.15 bits per heavy atom. The molecule has 0 saturated carbocycles. The molecule has 5 nitrogen and oxygen atoms in total. The molecule has 3 N–H and O–H groups in total. The Kier molecular flexibility index (Phi) is 3.63. The fraction of sp³-hybridized carbons (Fsp3) is 1.00. The highest BCUT2D eigenvalue weighted by Gasteiger charge is 2.44. The van der Waals surface area contributed by atoms with Crippen LogP contribution in [0, 0.1) is 0 Å². The molecule has 1 fully saturated rings. The van der Waals surface area contributed by atoms with Crippen LogP contribution in [0.2, 0.25) is 0 Å². The number of rotatable bonds is 3. The monoisotopic (exact) mass is 192 g/mol. The third kappa shape index (κ3) is 2.00. The lowest BCUT2D eigenvalue weighted by molar-refractivity contribution is -0.0877. The van der Waals surface area contributed by atoms with Gasteiger partial charge in [0.15, 0.2) is 0 Å². The number of hydrogen-bond acceptors (Lipinski definition) is 5. The average molecular weight is 192 g/mol. The number of ether oxygens (including phenoxy) is 2. The fourth-order valence-electron chi connectivity index (χ4n) is 1.55. The molecule has 0 aromatic rings. The third-order valence-electron chi connectivity index (χ3n) is 2.35. The highest BCUT2D eigenvalue weighted by Crippen LogP contribution is 2.25. The SMILES string of the molecule is CO[C@@H]1C(O)C(C)O[C@@H]1C(O)CO. The van der Waals surface area contributed by atoms with Gasteiger partial charge in [0, 0.05) is 7.11 Å². The lowest BCUT2D eigenvalue weighted by Gasteiger charge is -2.21. The first-order valence-electron chi connectivity index (χ1n) is 4.27. The van der Waals surface area contributed by atoms with Crippen LogP contribution in [0.25, 0.3) is 0 Å². The smallest absolute Gasteiger partial charge is 0.115 e. The minimum absolute atomic E-state index is 0.379. The van der Waals surface area contributed by atoms with Gasteiger partial charge in [-0.25, -0.2) is 0 Å². The van der Waals surface area contributed by atoms with Crippen LogP contribution in [0.5, 0.6) is 0 Å². The molecule has 13 heavy (non-hydrogen) atoms. The molecular formula is C8H16O5. The second-order valence-electron chi connectivity index (χ2n) is 3.25. The summed E-state index contributed by atoms with van der Waals surface area (Å²) < 4.78 is 10.2. The molecule has 0 spiro atoms. The van der Waals surface area contributed by atoms with E-state index in [9.17, 15) is 10.2 Å². The Hall–Kier alpha value is -0.200. The van der Waals surface area contributed by atoms with E-state index in [0.717, 1.165) is 0 Å². The Morgan fingerprint density at radius 3 is 2.62 bits per heavy atom. The summed E-state index contributed by atoms with van der Waals surface area (Å²) in [5.41, 5.74) is 0. The van der Waals surface area contributed by atoms with Crippen LogP contribution in [0.4, 0.5) is 0 Å². The fourth-order valence-corrected chi connectivity index (χ4v) is 1.55. The molecule has 1 aliphatic rings. The molecule has 1 saturated heterocycles. The van der Waals surface area contributed by atoms with E-state index in [1.54, 1.807) is 6.92 Å². The van der Waals surface area contributed by atoms with E-state index >= 15 is 0 Å². The maximum Gasteiger partial charge on any atom is 0.115 e. The van der Waals surface area contributed by atoms with Crippen molar-refractivity contribution in [3.05, 3.63) is 0 Å². The predicted octanol–water partition coefficient (Wildman–Crippen LogP) is -1.50. The van der Waals surface area contributed by atoms with E-state index in [4.69, 9.17) is 14.6 Å². The van der Waals surface area contributed by atoms with Gasteiger partial charge in [-0.1, -0.05) is 0 Å². The lowest BCUT2D eigenvalue weighted by atomic mass is 10.0. The Labute approximate surface area is 76.9 Å². The van der Waals surface area contributed by atoms with Gasteiger partial charge < -0.3 is 24.8 Å². The quantitative estimate of drug-likeness (QED) is 0.507. The maximum atomic E-state index is 9.53. The van der Waals surface area contributed by atoms with Gasteiger partial charge in [-0.2, -0.15) is 0 Å². The summed E-state index contributed by atoms with van der Waals surface area (Å²) >= 11 is 0. The predicted molar refractivity (Wildman–Crippen MR) is 44.2 cm³/mol. The first kappa shape index (κ1) is 10.9. The normalized spacial score (nSPS) is 42.2. The topological polar surface area (TPSA) is 79.2 Å². The van der Waals surface area contributed by atoms with E-state index in [-0.39, 0.29) is 6.10 Å². The van der Waals surface area contributed by atoms with Crippen LogP contribution in [-0.4, -0.2) is 59.6 Å². The maximum absolute atomic E-state index is 9.53.